The monoisotopic (exact) mass is 242 g/mol. The third kappa shape index (κ3) is 2.22. The number of hydrogen-bond donors (Lipinski definition) is 1. The van der Waals surface area contributed by atoms with Gasteiger partial charge in [-0.2, -0.15) is 0 Å². The molecule has 1 heterocycles. The fourth-order valence-electron chi connectivity index (χ4n) is 1.53. The third-order valence-electron chi connectivity index (χ3n) is 2.82. The number of carbonyl (C=O) groups is 1. The molecule has 1 aromatic heterocycles. The first-order chi connectivity index (χ1) is 8.51. The van der Waals surface area contributed by atoms with Crippen molar-refractivity contribution in [2.75, 3.05) is 0 Å². The molecule has 18 heavy (non-hydrogen) atoms. The molecule has 92 valence electrons. The van der Waals surface area contributed by atoms with Crippen LogP contribution in [0, 0.1) is 0 Å². The average Bonchev–Trinajstić information content (AvgIpc) is 2.40. The summed E-state index contributed by atoms with van der Waals surface area (Å²) in [6.45, 7) is 3.19. The lowest BCUT2D eigenvalue weighted by Gasteiger charge is -2.17. The van der Waals surface area contributed by atoms with Crippen LogP contribution in [0.4, 0.5) is 0 Å². The van der Waals surface area contributed by atoms with Crippen LogP contribution < -0.4 is 0 Å². The van der Waals surface area contributed by atoms with Gasteiger partial charge in [0.2, 0.25) is 0 Å². The van der Waals surface area contributed by atoms with Crippen molar-refractivity contribution in [3.63, 3.8) is 0 Å². The molecule has 2 rings (SSSR count). The molecule has 2 aromatic rings. The first-order valence-electron chi connectivity index (χ1n) is 5.64. The topological polar surface area (TPSA) is 63.1 Å². The molecule has 0 unspecified atom stereocenters. The maximum Gasteiger partial charge on any atom is 0.316 e. The molecule has 0 aliphatic rings. The summed E-state index contributed by atoms with van der Waals surface area (Å²) in [6.07, 6.45) is 1.59. The molecule has 0 spiro atoms. The van der Waals surface area contributed by atoms with Gasteiger partial charge in [0.05, 0.1) is 5.69 Å². The van der Waals surface area contributed by atoms with Gasteiger partial charge in [0, 0.05) is 11.8 Å². The van der Waals surface area contributed by atoms with Crippen LogP contribution in [0.1, 0.15) is 19.7 Å². The van der Waals surface area contributed by atoms with Crippen LogP contribution in [0.25, 0.3) is 11.3 Å². The second kappa shape index (κ2) is 4.56. The number of rotatable bonds is 3. The molecular weight excluding hydrogens is 228 g/mol. The van der Waals surface area contributed by atoms with Gasteiger partial charge in [0.25, 0.3) is 0 Å². The Morgan fingerprint density at radius 2 is 1.83 bits per heavy atom. The normalized spacial score (nSPS) is 11.2. The molecular formula is C14H14N2O2. The Balaban J connectivity index is 2.46. The number of nitrogens with zero attached hydrogens (tertiary/aromatic N) is 2. The Labute approximate surface area is 105 Å². The van der Waals surface area contributed by atoms with Crippen LogP contribution >= 0.6 is 0 Å². The van der Waals surface area contributed by atoms with Crippen LogP contribution in [-0.4, -0.2) is 21.0 Å². The maximum absolute atomic E-state index is 11.2. The smallest absolute Gasteiger partial charge is 0.316 e. The lowest BCUT2D eigenvalue weighted by atomic mass is 9.92. The summed E-state index contributed by atoms with van der Waals surface area (Å²) in [6, 6.07) is 11.4. The second-order valence-electron chi connectivity index (χ2n) is 4.56. The van der Waals surface area contributed by atoms with E-state index in [2.05, 4.69) is 9.97 Å². The zero-order valence-corrected chi connectivity index (χ0v) is 10.3. The Bertz CT molecular complexity index is 565. The van der Waals surface area contributed by atoms with Crippen molar-refractivity contribution >= 4 is 5.97 Å². The van der Waals surface area contributed by atoms with Crippen LogP contribution in [-0.2, 0) is 10.2 Å². The molecule has 0 amide bonds. The van der Waals surface area contributed by atoms with Gasteiger partial charge in [-0.25, -0.2) is 9.97 Å². The Kier molecular flexibility index (Phi) is 3.10. The van der Waals surface area contributed by atoms with E-state index in [4.69, 9.17) is 0 Å². The summed E-state index contributed by atoms with van der Waals surface area (Å²) < 4.78 is 0. The molecule has 4 heteroatoms. The minimum Gasteiger partial charge on any atom is -0.481 e. The van der Waals surface area contributed by atoms with E-state index in [1.54, 1.807) is 26.1 Å². The van der Waals surface area contributed by atoms with Crippen LogP contribution in [0.2, 0.25) is 0 Å². The molecule has 0 fully saturated rings. The SMILES string of the molecule is CC(C)(C(=O)O)c1nccc(-c2ccccc2)n1. The standard InChI is InChI=1S/C14H14N2O2/c1-14(2,13(17)18)12-15-9-8-11(16-12)10-6-4-3-5-7-10/h3-9H,1-2H3,(H,17,18). The molecule has 1 N–H and O–H groups in total. The number of hydrogen-bond acceptors (Lipinski definition) is 3. The van der Waals surface area contributed by atoms with Gasteiger partial charge < -0.3 is 5.11 Å². The zero-order valence-electron chi connectivity index (χ0n) is 10.3. The predicted octanol–water partition coefficient (Wildman–Crippen LogP) is 2.51. The summed E-state index contributed by atoms with van der Waals surface area (Å²) in [7, 11) is 0. The van der Waals surface area contributed by atoms with E-state index in [0.29, 0.717) is 5.82 Å². The highest BCUT2D eigenvalue weighted by Gasteiger charge is 2.32. The van der Waals surface area contributed by atoms with Gasteiger partial charge >= 0.3 is 5.97 Å². The van der Waals surface area contributed by atoms with Crippen molar-refractivity contribution in [1.29, 1.82) is 0 Å². The van der Waals surface area contributed by atoms with E-state index in [1.807, 2.05) is 30.3 Å². The average molecular weight is 242 g/mol. The van der Waals surface area contributed by atoms with Crippen LogP contribution in [0.5, 0.6) is 0 Å². The fraction of sp³-hybridized carbons (Fsp3) is 0.214. The zero-order chi connectivity index (χ0) is 13.2. The molecule has 1 aromatic carbocycles. The summed E-state index contributed by atoms with van der Waals surface area (Å²) >= 11 is 0. The van der Waals surface area contributed by atoms with Gasteiger partial charge in [-0.3, -0.25) is 4.79 Å². The number of aliphatic carboxylic acids is 1. The summed E-state index contributed by atoms with van der Waals surface area (Å²) in [5, 5.41) is 9.18. The second-order valence-corrected chi connectivity index (χ2v) is 4.56. The van der Waals surface area contributed by atoms with Crippen molar-refractivity contribution in [2.24, 2.45) is 0 Å². The first kappa shape index (κ1) is 12.2. The highest BCUT2D eigenvalue weighted by atomic mass is 16.4. The maximum atomic E-state index is 11.2. The quantitative estimate of drug-likeness (QED) is 0.898. The molecule has 0 aliphatic heterocycles. The number of benzene rings is 1. The summed E-state index contributed by atoms with van der Waals surface area (Å²) in [4.78, 5) is 19.6. The number of carboxylic acids is 1. The lowest BCUT2D eigenvalue weighted by Crippen LogP contribution is -2.30. The third-order valence-corrected chi connectivity index (χ3v) is 2.82. The Hall–Kier alpha value is -2.23. The number of carboxylic acid groups (broad SMARTS) is 1. The van der Waals surface area contributed by atoms with E-state index in [9.17, 15) is 9.90 Å². The van der Waals surface area contributed by atoms with Gasteiger partial charge in [0.15, 0.2) is 0 Å². The minimum absolute atomic E-state index is 0.316. The molecule has 0 bridgehead atoms. The van der Waals surface area contributed by atoms with Crippen LogP contribution in [0.15, 0.2) is 42.6 Å². The van der Waals surface area contributed by atoms with E-state index in [1.165, 1.54) is 0 Å². The highest BCUT2D eigenvalue weighted by Crippen LogP contribution is 2.22. The van der Waals surface area contributed by atoms with Gasteiger partial charge in [0.1, 0.15) is 11.2 Å². The van der Waals surface area contributed by atoms with E-state index < -0.39 is 11.4 Å². The van der Waals surface area contributed by atoms with E-state index >= 15 is 0 Å². The van der Waals surface area contributed by atoms with Crippen molar-refractivity contribution in [1.82, 2.24) is 9.97 Å². The lowest BCUT2D eigenvalue weighted by molar-refractivity contribution is -0.142. The predicted molar refractivity (Wildman–Crippen MR) is 68.1 cm³/mol. The summed E-state index contributed by atoms with van der Waals surface area (Å²) in [5.74, 6) is -0.621. The molecule has 4 nitrogen and oxygen atoms in total. The Morgan fingerprint density at radius 3 is 2.44 bits per heavy atom. The van der Waals surface area contributed by atoms with E-state index in [0.717, 1.165) is 11.3 Å². The summed E-state index contributed by atoms with van der Waals surface area (Å²) in [5.41, 5.74) is 0.586. The van der Waals surface area contributed by atoms with Crippen molar-refractivity contribution in [3.8, 4) is 11.3 Å². The van der Waals surface area contributed by atoms with E-state index in [-0.39, 0.29) is 0 Å². The molecule has 0 radical (unpaired) electrons. The van der Waals surface area contributed by atoms with Crippen molar-refractivity contribution in [3.05, 3.63) is 48.4 Å². The molecule has 0 saturated heterocycles. The van der Waals surface area contributed by atoms with Crippen molar-refractivity contribution < 1.29 is 9.90 Å². The molecule has 0 atom stereocenters. The van der Waals surface area contributed by atoms with Crippen LogP contribution in [0.3, 0.4) is 0 Å². The number of aromatic nitrogens is 2. The Morgan fingerprint density at radius 1 is 1.17 bits per heavy atom. The fourth-order valence-corrected chi connectivity index (χ4v) is 1.53. The highest BCUT2D eigenvalue weighted by molar-refractivity contribution is 5.79. The van der Waals surface area contributed by atoms with Gasteiger partial charge in [-0.1, -0.05) is 30.3 Å². The minimum atomic E-state index is -1.09. The first-order valence-corrected chi connectivity index (χ1v) is 5.64. The van der Waals surface area contributed by atoms with Gasteiger partial charge in [-0.15, -0.1) is 0 Å². The van der Waals surface area contributed by atoms with Crippen molar-refractivity contribution in [2.45, 2.75) is 19.3 Å². The molecule has 0 saturated carbocycles. The molecule has 0 aliphatic carbocycles. The largest absolute Gasteiger partial charge is 0.481 e. The van der Waals surface area contributed by atoms with Gasteiger partial charge in [-0.05, 0) is 19.9 Å².